The average Bonchev–Trinajstić information content (AvgIpc) is 3.20. The van der Waals surface area contributed by atoms with Crippen LogP contribution in [0.4, 0.5) is 0 Å². The second kappa shape index (κ2) is 43.3. The summed E-state index contributed by atoms with van der Waals surface area (Å²) in [5.74, 6) is -0.879. The van der Waals surface area contributed by atoms with Crippen molar-refractivity contribution in [3.05, 3.63) is 60.8 Å². The molecule has 0 radical (unpaired) electrons. The van der Waals surface area contributed by atoms with Crippen LogP contribution in [0.25, 0.3) is 0 Å². The molecule has 0 aromatic heterocycles. The fraction of sp³-hybridized carbons (Fsp3) is 0.745. The van der Waals surface area contributed by atoms with Gasteiger partial charge in [-0.15, -0.1) is 0 Å². The van der Waals surface area contributed by atoms with Gasteiger partial charge in [0.1, 0.15) is 6.61 Å². The number of allylic oxidation sites excluding steroid dienone is 10. The van der Waals surface area contributed by atoms with Crippen molar-refractivity contribution in [2.45, 2.75) is 200 Å². The molecule has 0 aliphatic carbocycles. The van der Waals surface area contributed by atoms with Crippen molar-refractivity contribution in [2.24, 2.45) is 5.73 Å². The smallest absolute Gasteiger partial charge is 0.462 e. The predicted octanol–water partition coefficient (Wildman–Crippen LogP) is 13.3. The van der Waals surface area contributed by atoms with Crippen molar-refractivity contribution < 1.29 is 37.6 Å². The molecule has 0 rings (SSSR count). The highest BCUT2D eigenvalue weighted by Crippen LogP contribution is 2.43. The number of unbranched alkanes of at least 4 members (excludes halogenated alkanes) is 19. The lowest BCUT2D eigenvalue weighted by Gasteiger charge is -2.19. The highest BCUT2D eigenvalue weighted by Gasteiger charge is 2.26. The Kier molecular flexibility index (Phi) is 41.6. The van der Waals surface area contributed by atoms with Crippen LogP contribution in [-0.4, -0.2) is 49.3 Å². The third-order valence-electron chi connectivity index (χ3n) is 9.39. The van der Waals surface area contributed by atoms with Crippen molar-refractivity contribution in [3.8, 4) is 0 Å². The number of ether oxygens (including phenoxy) is 2. The van der Waals surface area contributed by atoms with Crippen LogP contribution in [-0.2, 0) is 32.7 Å². The summed E-state index contributed by atoms with van der Waals surface area (Å²) in [5.41, 5.74) is 5.35. The van der Waals surface area contributed by atoms with E-state index in [0.29, 0.717) is 12.8 Å². The van der Waals surface area contributed by atoms with E-state index in [4.69, 9.17) is 24.3 Å². The Morgan fingerprint density at radius 1 is 0.544 bits per heavy atom. The average molecular weight is 822 g/mol. The van der Waals surface area contributed by atoms with Gasteiger partial charge in [-0.2, -0.15) is 0 Å². The Morgan fingerprint density at radius 3 is 1.49 bits per heavy atom. The van der Waals surface area contributed by atoms with E-state index < -0.39 is 32.5 Å². The molecule has 0 aliphatic rings. The number of esters is 2. The van der Waals surface area contributed by atoms with Crippen LogP contribution in [0.3, 0.4) is 0 Å². The monoisotopic (exact) mass is 822 g/mol. The molecule has 0 spiro atoms. The molecule has 2 atom stereocenters. The Morgan fingerprint density at radius 2 is 0.965 bits per heavy atom. The van der Waals surface area contributed by atoms with Gasteiger partial charge in [0, 0.05) is 19.4 Å². The number of carbonyl (C=O) groups excluding carboxylic acids is 2. The summed E-state index contributed by atoms with van der Waals surface area (Å²) in [6.45, 7) is 3.57. The topological polar surface area (TPSA) is 134 Å². The number of nitrogens with two attached hydrogens (primary N) is 1. The van der Waals surface area contributed by atoms with Crippen molar-refractivity contribution in [1.82, 2.24) is 0 Å². The third-order valence-corrected chi connectivity index (χ3v) is 10.4. The van der Waals surface area contributed by atoms with E-state index in [1.54, 1.807) is 0 Å². The second-order valence-corrected chi connectivity index (χ2v) is 16.3. The van der Waals surface area contributed by atoms with Crippen LogP contribution in [0, 0.1) is 0 Å². The molecular formula is C47H84NO8P. The first-order valence-corrected chi connectivity index (χ1v) is 24.3. The van der Waals surface area contributed by atoms with Gasteiger partial charge >= 0.3 is 19.8 Å². The Bertz CT molecular complexity index is 1120. The number of hydrogen-bond donors (Lipinski definition) is 2. The first-order chi connectivity index (χ1) is 27.8. The predicted molar refractivity (Wildman–Crippen MR) is 238 cm³/mol. The maximum absolute atomic E-state index is 12.6. The highest BCUT2D eigenvalue weighted by atomic mass is 31.2. The minimum atomic E-state index is -4.39. The minimum absolute atomic E-state index is 0.0455. The van der Waals surface area contributed by atoms with Gasteiger partial charge in [-0.1, -0.05) is 164 Å². The molecule has 1 unspecified atom stereocenters. The van der Waals surface area contributed by atoms with E-state index in [1.165, 1.54) is 96.3 Å². The zero-order valence-electron chi connectivity index (χ0n) is 36.3. The Hall–Kier alpha value is -2.29. The molecule has 0 aliphatic heterocycles. The van der Waals surface area contributed by atoms with Crippen LogP contribution in [0.5, 0.6) is 0 Å². The molecule has 0 fully saturated rings. The summed E-state index contributed by atoms with van der Waals surface area (Å²) >= 11 is 0. The zero-order valence-corrected chi connectivity index (χ0v) is 37.2. The zero-order chi connectivity index (χ0) is 41.8. The van der Waals surface area contributed by atoms with E-state index >= 15 is 0 Å². The SMILES string of the molecule is CCC=CCC=CCC=CCC=CCCCCC(=O)OC[C@H](COP(=O)(O)OCCN)OC(=O)CCCCCCCCCCCCCC=CCCCCCCCC. The van der Waals surface area contributed by atoms with Gasteiger partial charge in [-0.05, 0) is 77.0 Å². The first kappa shape index (κ1) is 54.7. The van der Waals surface area contributed by atoms with Crippen LogP contribution in [0.2, 0.25) is 0 Å². The van der Waals surface area contributed by atoms with Gasteiger partial charge < -0.3 is 20.1 Å². The Labute approximate surface area is 349 Å². The number of carbonyl (C=O) groups is 2. The molecule has 0 aromatic carbocycles. The van der Waals surface area contributed by atoms with Crippen LogP contribution in [0.15, 0.2) is 60.8 Å². The maximum atomic E-state index is 12.6. The van der Waals surface area contributed by atoms with Crippen molar-refractivity contribution >= 4 is 19.8 Å². The molecule has 330 valence electrons. The first-order valence-electron chi connectivity index (χ1n) is 22.8. The second-order valence-electron chi connectivity index (χ2n) is 14.9. The van der Waals surface area contributed by atoms with Gasteiger partial charge in [-0.25, -0.2) is 4.57 Å². The minimum Gasteiger partial charge on any atom is -0.462 e. The van der Waals surface area contributed by atoms with Crippen LogP contribution in [0.1, 0.15) is 194 Å². The lowest BCUT2D eigenvalue weighted by molar-refractivity contribution is -0.161. The molecule has 0 aromatic rings. The summed E-state index contributed by atoms with van der Waals surface area (Å²) in [5, 5.41) is 0. The van der Waals surface area contributed by atoms with Crippen molar-refractivity contribution in [1.29, 1.82) is 0 Å². The fourth-order valence-corrected chi connectivity index (χ4v) is 6.80. The third kappa shape index (κ3) is 43.1. The summed E-state index contributed by atoms with van der Waals surface area (Å²) in [6.07, 6.45) is 51.2. The standard InChI is InChI=1S/C47H84NO8P/c1-3-5-7-9-11-13-15-17-19-20-21-22-23-24-26-28-30-32-34-36-38-40-47(50)56-45(44-55-57(51,52)54-42-41-48)43-53-46(49)39-37-35-33-31-29-27-25-18-16-14-12-10-8-6-4-2/h6,8,12,14,17-19,25,29,31,45H,3-5,7,9-11,13,15-16,20-24,26-28,30,32-44,48H2,1-2H3,(H,51,52)/t45-/m1/s1. The summed E-state index contributed by atoms with van der Waals surface area (Å²) in [7, 11) is -4.39. The van der Waals surface area contributed by atoms with Crippen molar-refractivity contribution in [2.75, 3.05) is 26.4 Å². The summed E-state index contributed by atoms with van der Waals surface area (Å²) < 4.78 is 32.8. The van der Waals surface area contributed by atoms with E-state index in [0.717, 1.165) is 57.8 Å². The quantitative estimate of drug-likeness (QED) is 0.0267. The summed E-state index contributed by atoms with van der Waals surface area (Å²) in [4.78, 5) is 34.9. The van der Waals surface area contributed by atoms with E-state index in [1.807, 2.05) is 0 Å². The highest BCUT2D eigenvalue weighted by molar-refractivity contribution is 7.47. The lowest BCUT2D eigenvalue weighted by atomic mass is 10.0. The van der Waals surface area contributed by atoms with E-state index in [2.05, 4.69) is 74.6 Å². The van der Waals surface area contributed by atoms with E-state index in [9.17, 15) is 19.0 Å². The van der Waals surface area contributed by atoms with Gasteiger partial charge in [0.25, 0.3) is 0 Å². The molecule has 0 bridgehead atoms. The van der Waals surface area contributed by atoms with Gasteiger partial charge in [0.15, 0.2) is 6.10 Å². The largest absolute Gasteiger partial charge is 0.472 e. The summed E-state index contributed by atoms with van der Waals surface area (Å²) in [6, 6.07) is 0. The lowest BCUT2D eigenvalue weighted by Crippen LogP contribution is -2.29. The van der Waals surface area contributed by atoms with Gasteiger partial charge in [-0.3, -0.25) is 18.6 Å². The molecule has 0 heterocycles. The van der Waals surface area contributed by atoms with Crippen LogP contribution >= 0.6 is 7.82 Å². The molecule has 10 heteroatoms. The number of phosphoric ester groups is 1. The number of rotatable bonds is 42. The molecule has 0 amide bonds. The molecule has 9 nitrogen and oxygen atoms in total. The Balaban J connectivity index is 4.15. The normalized spacial score (nSPS) is 13.8. The van der Waals surface area contributed by atoms with Gasteiger partial charge in [0.2, 0.25) is 0 Å². The number of hydrogen-bond acceptors (Lipinski definition) is 8. The molecule has 57 heavy (non-hydrogen) atoms. The molecule has 0 saturated heterocycles. The van der Waals surface area contributed by atoms with Crippen LogP contribution < -0.4 is 5.73 Å². The van der Waals surface area contributed by atoms with Gasteiger partial charge in [0.05, 0.1) is 13.2 Å². The molecule has 3 N–H and O–H groups in total. The number of phosphoric acid groups is 1. The van der Waals surface area contributed by atoms with Crippen molar-refractivity contribution in [3.63, 3.8) is 0 Å². The fourth-order valence-electron chi connectivity index (χ4n) is 6.03. The molecular weight excluding hydrogens is 737 g/mol. The van der Waals surface area contributed by atoms with E-state index in [-0.39, 0.29) is 32.6 Å². The molecule has 0 saturated carbocycles. The maximum Gasteiger partial charge on any atom is 0.472 e.